The van der Waals surface area contributed by atoms with Crippen LogP contribution in [-0.2, 0) is 16.1 Å². The van der Waals surface area contributed by atoms with Gasteiger partial charge < -0.3 is 20.3 Å². The first kappa shape index (κ1) is 20.7. The van der Waals surface area contributed by atoms with Crippen LogP contribution in [0.3, 0.4) is 0 Å². The molecule has 1 fully saturated rings. The largest absolute Gasteiger partial charge is 0.495 e. The van der Waals surface area contributed by atoms with Gasteiger partial charge in [0.25, 0.3) is 0 Å². The maximum atomic E-state index is 11.9. The second-order valence-corrected chi connectivity index (χ2v) is 6.92. The molecule has 0 unspecified atom stereocenters. The topological polar surface area (TPSA) is 73.9 Å². The van der Waals surface area contributed by atoms with E-state index in [1.54, 1.807) is 7.11 Å². The molecule has 0 spiro atoms. The Balaban J connectivity index is 1.35. The summed E-state index contributed by atoms with van der Waals surface area (Å²) < 4.78 is 5.45. The number of rotatable bonds is 7. The average Bonchev–Trinajstić information content (AvgIpc) is 2.78. The van der Waals surface area contributed by atoms with E-state index < -0.39 is 11.8 Å². The van der Waals surface area contributed by atoms with Gasteiger partial charge in [-0.1, -0.05) is 42.5 Å². The van der Waals surface area contributed by atoms with Crippen molar-refractivity contribution in [3.8, 4) is 5.75 Å². The van der Waals surface area contributed by atoms with Crippen molar-refractivity contribution < 1.29 is 14.3 Å². The predicted octanol–water partition coefficient (Wildman–Crippen LogP) is 1.25. The molecule has 0 bridgehead atoms. The van der Waals surface area contributed by atoms with Crippen LogP contribution in [0, 0.1) is 0 Å². The van der Waals surface area contributed by atoms with Gasteiger partial charge in [-0.2, -0.15) is 0 Å². The van der Waals surface area contributed by atoms with Crippen molar-refractivity contribution in [3.05, 3.63) is 60.2 Å². The Bertz CT molecular complexity index is 805. The molecular formula is C22H28N4O3. The summed E-state index contributed by atoms with van der Waals surface area (Å²) in [4.78, 5) is 28.4. The number of carbonyl (C=O) groups excluding carboxylic acids is 2. The highest BCUT2D eigenvalue weighted by Gasteiger charge is 2.20. The zero-order chi connectivity index (χ0) is 20.5. The van der Waals surface area contributed by atoms with Crippen LogP contribution in [0.5, 0.6) is 5.75 Å². The smallest absolute Gasteiger partial charge is 0.309 e. The Morgan fingerprint density at radius 1 is 0.897 bits per heavy atom. The first-order chi connectivity index (χ1) is 14.2. The number of hydrogen-bond acceptors (Lipinski definition) is 5. The quantitative estimate of drug-likeness (QED) is 0.689. The summed E-state index contributed by atoms with van der Waals surface area (Å²) in [6, 6.07) is 17.5. The second kappa shape index (κ2) is 10.5. The van der Waals surface area contributed by atoms with Crippen LogP contribution in [0.15, 0.2) is 54.6 Å². The fourth-order valence-corrected chi connectivity index (χ4v) is 3.37. The van der Waals surface area contributed by atoms with Crippen LogP contribution in [-0.4, -0.2) is 63.1 Å². The van der Waals surface area contributed by atoms with Gasteiger partial charge in [0.05, 0.1) is 12.8 Å². The number of ether oxygens (including phenoxy) is 1. The van der Waals surface area contributed by atoms with Crippen LogP contribution >= 0.6 is 0 Å². The van der Waals surface area contributed by atoms with E-state index in [4.69, 9.17) is 4.74 Å². The van der Waals surface area contributed by atoms with E-state index in [1.165, 1.54) is 0 Å². The summed E-state index contributed by atoms with van der Waals surface area (Å²) in [5.74, 6) is -0.307. The maximum Gasteiger partial charge on any atom is 0.309 e. The van der Waals surface area contributed by atoms with Crippen molar-refractivity contribution in [2.45, 2.75) is 6.54 Å². The number of nitrogens with zero attached hydrogens (tertiary/aromatic N) is 2. The minimum atomic E-state index is -0.602. The first-order valence-electron chi connectivity index (χ1n) is 9.87. The lowest BCUT2D eigenvalue weighted by Gasteiger charge is -2.36. The highest BCUT2D eigenvalue weighted by atomic mass is 16.5. The van der Waals surface area contributed by atoms with Crippen molar-refractivity contribution in [1.29, 1.82) is 0 Å². The highest BCUT2D eigenvalue weighted by Crippen LogP contribution is 2.28. The Morgan fingerprint density at radius 3 is 2.28 bits per heavy atom. The standard InChI is InChI=1S/C22H28N4O3/c1-29-20-10-6-5-9-19(20)26-15-13-25(14-16-26)12-11-23-21(27)22(28)24-17-18-7-3-2-4-8-18/h2-10H,11-17H2,1H3,(H,23,27)(H,24,28). The molecule has 2 amide bonds. The van der Waals surface area contributed by atoms with Gasteiger partial charge in [-0.25, -0.2) is 0 Å². The third-order valence-corrected chi connectivity index (χ3v) is 5.01. The Morgan fingerprint density at radius 2 is 1.55 bits per heavy atom. The van der Waals surface area contributed by atoms with Crippen LogP contribution in [0.2, 0.25) is 0 Å². The van der Waals surface area contributed by atoms with Gasteiger partial charge in [-0.3, -0.25) is 14.5 Å². The number of carbonyl (C=O) groups is 2. The van der Waals surface area contributed by atoms with E-state index in [-0.39, 0.29) is 0 Å². The Labute approximate surface area is 171 Å². The van der Waals surface area contributed by atoms with Crippen LogP contribution in [0.4, 0.5) is 5.69 Å². The number of piperazine rings is 1. The van der Waals surface area contributed by atoms with Crippen molar-refractivity contribution in [2.75, 3.05) is 51.3 Å². The van der Waals surface area contributed by atoms with E-state index in [1.807, 2.05) is 48.5 Å². The van der Waals surface area contributed by atoms with Crippen molar-refractivity contribution in [3.63, 3.8) is 0 Å². The SMILES string of the molecule is COc1ccccc1N1CCN(CCNC(=O)C(=O)NCc2ccccc2)CC1. The van der Waals surface area contributed by atoms with Crippen LogP contribution in [0.25, 0.3) is 0 Å². The molecule has 0 aromatic heterocycles. The van der Waals surface area contributed by atoms with Gasteiger partial charge >= 0.3 is 11.8 Å². The fraction of sp³-hybridized carbons (Fsp3) is 0.364. The lowest BCUT2D eigenvalue weighted by molar-refractivity contribution is -0.139. The van der Waals surface area contributed by atoms with Gasteiger partial charge in [0, 0.05) is 45.8 Å². The van der Waals surface area contributed by atoms with Crippen molar-refractivity contribution in [2.24, 2.45) is 0 Å². The molecule has 154 valence electrons. The lowest BCUT2D eigenvalue weighted by Crippen LogP contribution is -2.49. The summed E-state index contributed by atoms with van der Waals surface area (Å²) in [6.45, 7) is 5.10. The van der Waals surface area contributed by atoms with E-state index >= 15 is 0 Å². The van der Waals surface area contributed by atoms with E-state index in [0.29, 0.717) is 13.1 Å². The number of amides is 2. The van der Waals surface area contributed by atoms with Crippen molar-refractivity contribution >= 4 is 17.5 Å². The molecule has 1 aliphatic heterocycles. The summed E-state index contributed by atoms with van der Waals surface area (Å²) in [7, 11) is 1.69. The fourth-order valence-electron chi connectivity index (χ4n) is 3.37. The zero-order valence-corrected chi connectivity index (χ0v) is 16.8. The number of anilines is 1. The molecule has 0 saturated carbocycles. The van der Waals surface area contributed by atoms with Crippen LogP contribution < -0.4 is 20.3 Å². The molecule has 1 aliphatic rings. The summed E-state index contributed by atoms with van der Waals surface area (Å²) in [5.41, 5.74) is 2.07. The predicted molar refractivity (Wildman–Crippen MR) is 113 cm³/mol. The molecule has 0 atom stereocenters. The number of para-hydroxylation sites is 2. The summed E-state index contributed by atoms with van der Waals surface area (Å²) in [5, 5.41) is 5.34. The molecule has 1 heterocycles. The van der Waals surface area contributed by atoms with E-state index in [0.717, 1.165) is 49.7 Å². The third-order valence-electron chi connectivity index (χ3n) is 5.01. The van der Waals surface area contributed by atoms with Crippen LogP contribution in [0.1, 0.15) is 5.56 Å². The lowest BCUT2D eigenvalue weighted by atomic mass is 10.2. The van der Waals surface area contributed by atoms with Gasteiger partial charge in [0.15, 0.2) is 0 Å². The summed E-state index contributed by atoms with van der Waals surface area (Å²) in [6.07, 6.45) is 0. The molecule has 0 radical (unpaired) electrons. The molecule has 0 aliphatic carbocycles. The third kappa shape index (κ3) is 5.96. The molecular weight excluding hydrogens is 368 g/mol. The van der Waals surface area contributed by atoms with Gasteiger partial charge in [0.2, 0.25) is 0 Å². The molecule has 2 N–H and O–H groups in total. The molecule has 29 heavy (non-hydrogen) atoms. The highest BCUT2D eigenvalue weighted by molar-refractivity contribution is 6.35. The number of hydrogen-bond donors (Lipinski definition) is 2. The Hall–Kier alpha value is -3.06. The van der Waals surface area contributed by atoms with E-state index in [9.17, 15) is 9.59 Å². The van der Waals surface area contributed by atoms with E-state index in [2.05, 4.69) is 26.5 Å². The molecule has 7 heteroatoms. The monoisotopic (exact) mass is 396 g/mol. The maximum absolute atomic E-state index is 11.9. The molecule has 1 saturated heterocycles. The molecule has 2 aromatic carbocycles. The van der Waals surface area contributed by atoms with Gasteiger partial charge in [-0.15, -0.1) is 0 Å². The second-order valence-electron chi connectivity index (χ2n) is 6.92. The number of nitrogens with one attached hydrogen (secondary N) is 2. The summed E-state index contributed by atoms with van der Waals surface area (Å²) >= 11 is 0. The normalized spacial score (nSPS) is 14.3. The number of methoxy groups -OCH3 is 1. The Kier molecular flexibility index (Phi) is 7.47. The molecule has 3 rings (SSSR count). The first-order valence-corrected chi connectivity index (χ1v) is 9.87. The van der Waals surface area contributed by atoms with Crippen molar-refractivity contribution in [1.82, 2.24) is 15.5 Å². The minimum absolute atomic E-state index is 0.345. The zero-order valence-electron chi connectivity index (χ0n) is 16.8. The average molecular weight is 396 g/mol. The van der Waals surface area contributed by atoms with Gasteiger partial charge in [-0.05, 0) is 17.7 Å². The molecule has 7 nitrogen and oxygen atoms in total. The molecule has 2 aromatic rings. The minimum Gasteiger partial charge on any atom is -0.495 e. The van der Waals surface area contributed by atoms with Gasteiger partial charge in [0.1, 0.15) is 5.75 Å². The number of benzene rings is 2.